The van der Waals surface area contributed by atoms with E-state index in [2.05, 4.69) is 0 Å². The van der Waals surface area contributed by atoms with Gasteiger partial charge in [0.2, 0.25) is 0 Å². The molecule has 0 radical (unpaired) electrons. The maximum atomic E-state index is 12.2. The van der Waals surface area contributed by atoms with E-state index in [0.717, 1.165) is 12.8 Å². The van der Waals surface area contributed by atoms with E-state index in [0.29, 0.717) is 23.6 Å². The van der Waals surface area contributed by atoms with Crippen molar-refractivity contribution in [2.75, 3.05) is 13.1 Å². The van der Waals surface area contributed by atoms with E-state index in [4.69, 9.17) is 18.0 Å². The normalized spacial score (nSPS) is 16.6. The van der Waals surface area contributed by atoms with Gasteiger partial charge < -0.3 is 15.7 Å². The molecule has 1 aromatic rings. The second-order valence-electron chi connectivity index (χ2n) is 4.52. The Labute approximate surface area is 111 Å². The summed E-state index contributed by atoms with van der Waals surface area (Å²) in [6.45, 7) is 1.33. The van der Waals surface area contributed by atoms with Crippen LogP contribution in [0.15, 0.2) is 24.3 Å². The van der Waals surface area contributed by atoms with Crippen molar-refractivity contribution >= 4 is 23.1 Å². The second-order valence-corrected chi connectivity index (χ2v) is 4.99. The molecule has 1 saturated heterocycles. The molecule has 4 nitrogen and oxygen atoms in total. The number of nitrogens with zero attached hydrogens (tertiary/aromatic N) is 1. The van der Waals surface area contributed by atoms with Gasteiger partial charge in [-0.05, 0) is 31.0 Å². The summed E-state index contributed by atoms with van der Waals surface area (Å²) in [4.78, 5) is 14.5. The van der Waals surface area contributed by atoms with Gasteiger partial charge in [-0.15, -0.1) is 0 Å². The molecule has 1 fully saturated rings. The molecule has 0 saturated carbocycles. The van der Waals surface area contributed by atoms with Crippen LogP contribution in [0, 0.1) is 5.92 Å². The van der Waals surface area contributed by atoms with Gasteiger partial charge in [0.1, 0.15) is 5.75 Å². The minimum atomic E-state index is -0.0488. The molecule has 1 amide bonds. The molecular weight excluding hydrogens is 248 g/mol. The zero-order valence-corrected chi connectivity index (χ0v) is 10.8. The number of thiocarbonyl (C=S) groups is 1. The summed E-state index contributed by atoms with van der Waals surface area (Å²) in [5, 5.41) is 9.37. The standard InChI is InChI=1S/C13H16N2O2S/c14-12(18)9-4-6-15(7-5-9)13(17)10-2-1-3-11(16)8-10/h1-3,8-9,16H,4-7H2,(H2,14,18). The van der Waals surface area contributed by atoms with Gasteiger partial charge >= 0.3 is 0 Å². The Morgan fingerprint density at radius 3 is 2.61 bits per heavy atom. The molecule has 0 atom stereocenters. The van der Waals surface area contributed by atoms with Crippen LogP contribution in [-0.4, -0.2) is 34.0 Å². The number of carbonyl (C=O) groups excluding carboxylic acids is 1. The van der Waals surface area contributed by atoms with Crippen LogP contribution in [0.3, 0.4) is 0 Å². The first-order valence-corrected chi connectivity index (χ1v) is 6.36. The highest BCUT2D eigenvalue weighted by molar-refractivity contribution is 7.80. The number of carbonyl (C=O) groups is 1. The molecular formula is C13H16N2O2S. The van der Waals surface area contributed by atoms with Crippen LogP contribution in [-0.2, 0) is 0 Å². The molecule has 5 heteroatoms. The minimum absolute atomic E-state index is 0.0488. The number of aromatic hydroxyl groups is 1. The molecule has 3 N–H and O–H groups in total. The number of nitrogens with two attached hydrogens (primary N) is 1. The smallest absolute Gasteiger partial charge is 0.253 e. The Morgan fingerprint density at radius 1 is 1.39 bits per heavy atom. The van der Waals surface area contributed by atoms with E-state index in [1.54, 1.807) is 23.1 Å². The number of benzene rings is 1. The van der Waals surface area contributed by atoms with E-state index in [1.807, 2.05) is 0 Å². The van der Waals surface area contributed by atoms with Crippen LogP contribution >= 0.6 is 12.2 Å². The lowest BCUT2D eigenvalue weighted by Crippen LogP contribution is -2.41. The third-order valence-electron chi connectivity index (χ3n) is 3.28. The molecule has 1 aromatic carbocycles. The van der Waals surface area contributed by atoms with Gasteiger partial charge in [-0.2, -0.15) is 0 Å². The van der Waals surface area contributed by atoms with Crippen molar-refractivity contribution in [1.82, 2.24) is 4.90 Å². The lowest BCUT2D eigenvalue weighted by atomic mass is 9.96. The SMILES string of the molecule is NC(=S)C1CCN(C(=O)c2cccc(O)c2)CC1. The van der Waals surface area contributed by atoms with Gasteiger partial charge in [0, 0.05) is 24.6 Å². The van der Waals surface area contributed by atoms with Crippen molar-refractivity contribution in [3.05, 3.63) is 29.8 Å². The number of likely N-dealkylation sites (tertiary alicyclic amines) is 1. The molecule has 18 heavy (non-hydrogen) atoms. The largest absolute Gasteiger partial charge is 0.508 e. The van der Waals surface area contributed by atoms with Gasteiger partial charge in [0.15, 0.2) is 0 Å². The van der Waals surface area contributed by atoms with Crippen LogP contribution in [0.5, 0.6) is 5.75 Å². The van der Waals surface area contributed by atoms with Crippen molar-refractivity contribution in [3.8, 4) is 5.75 Å². The Bertz CT molecular complexity index is 468. The van der Waals surface area contributed by atoms with E-state index in [9.17, 15) is 9.90 Å². The fourth-order valence-corrected chi connectivity index (χ4v) is 2.42. The van der Waals surface area contributed by atoms with Crippen molar-refractivity contribution in [3.63, 3.8) is 0 Å². The Balaban J connectivity index is 2.02. The maximum absolute atomic E-state index is 12.2. The fourth-order valence-electron chi connectivity index (χ4n) is 2.19. The molecule has 2 rings (SSSR count). The van der Waals surface area contributed by atoms with E-state index in [1.165, 1.54) is 6.07 Å². The van der Waals surface area contributed by atoms with Crippen LogP contribution in [0.1, 0.15) is 23.2 Å². The number of phenols is 1. The topological polar surface area (TPSA) is 66.6 Å². The minimum Gasteiger partial charge on any atom is -0.508 e. The highest BCUT2D eigenvalue weighted by atomic mass is 32.1. The zero-order valence-electron chi connectivity index (χ0n) is 10.0. The quantitative estimate of drug-likeness (QED) is 0.795. The molecule has 0 spiro atoms. The number of phenolic OH excluding ortho intramolecular Hbond substituents is 1. The molecule has 1 aliphatic heterocycles. The molecule has 0 bridgehead atoms. The summed E-state index contributed by atoms with van der Waals surface area (Å²) in [5.74, 6) is 0.305. The summed E-state index contributed by atoms with van der Waals surface area (Å²) >= 11 is 4.97. The lowest BCUT2D eigenvalue weighted by Gasteiger charge is -2.31. The Hall–Kier alpha value is -1.62. The van der Waals surface area contributed by atoms with Crippen LogP contribution in [0.25, 0.3) is 0 Å². The molecule has 1 aliphatic rings. The average Bonchev–Trinajstić information content (AvgIpc) is 2.38. The van der Waals surface area contributed by atoms with E-state index >= 15 is 0 Å². The monoisotopic (exact) mass is 264 g/mol. The summed E-state index contributed by atoms with van der Waals surface area (Å²) in [7, 11) is 0. The molecule has 96 valence electrons. The van der Waals surface area contributed by atoms with Crippen LogP contribution < -0.4 is 5.73 Å². The Morgan fingerprint density at radius 2 is 2.06 bits per heavy atom. The first-order chi connectivity index (χ1) is 8.58. The molecule has 1 heterocycles. The number of hydrogen-bond acceptors (Lipinski definition) is 3. The Kier molecular flexibility index (Phi) is 3.81. The van der Waals surface area contributed by atoms with Gasteiger partial charge in [-0.1, -0.05) is 18.3 Å². The van der Waals surface area contributed by atoms with Crippen LogP contribution in [0.4, 0.5) is 0 Å². The second kappa shape index (κ2) is 5.35. The predicted molar refractivity (Wildman–Crippen MR) is 73.5 cm³/mol. The number of piperidine rings is 1. The zero-order chi connectivity index (χ0) is 13.1. The molecule has 0 aromatic heterocycles. The summed E-state index contributed by atoms with van der Waals surface area (Å²) in [6.07, 6.45) is 1.64. The average molecular weight is 264 g/mol. The molecule has 0 unspecified atom stereocenters. The third kappa shape index (κ3) is 2.79. The van der Waals surface area contributed by atoms with Gasteiger partial charge in [0.05, 0.1) is 4.99 Å². The van der Waals surface area contributed by atoms with Crippen molar-refractivity contribution in [1.29, 1.82) is 0 Å². The first kappa shape index (κ1) is 12.8. The summed E-state index contributed by atoms with van der Waals surface area (Å²) in [6, 6.07) is 6.42. The van der Waals surface area contributed by atoms with Gasteiger partial charge in [0.25, 0.3) is 5.91 Å². The van der Waals surface area contributed by atoms with E-state index in [-0.39, 0.29) is 17.6 Å². The highest BCUT2D eigenvalue weighted by Gasteiger charge is 2.24. The van der Waals surface area contributed by atoms with Crippen molar-refractivity contribution in [2.24, 2.45) is 11.7 Å². The lowest BCUT2D eigenvalue weighted by molar-refractivity contribution is 0.0710. The summed E-state index contributed by atoms with van der Waals surface area (Å²) in [5.41, 5.74) is 6.13. The fraction of sp³-hybridized carbons (Fsp3) is 0.385. The number of amides is 1. The van der Waals surface area contributed by atoms with Crippen LogP contribution in [0.2, 0.25) is 0 Å². The third-order valence-corrected chi connectivity index (χ3v) is 3.61. The highest BCUT2D eigenvalue weighted by Crippen LogP contribution is 2.20. The van der Waals surface area contributed by atoms with Gasteiger partial charge in [-0.25, -0.2) is 0 Å². The predicted octanol–water partition coefficient (Wildman–Crippen LogP) is 1.53. The molecule has 0 aliphatic carbocycles. The van der Waals surface area contributed by atoms with Crippen molar-refractivity contribution in [2.45, 2.75) is 12.8 Å². The maximum Gasteiger partial charge on any atom is 0.253 e. The van der Waals surface area contributed by atoms with E-state index < -0.39 is 0 Å². The summed E-state index contributed by atoms with van der Waals surface area (Å²) < 4.78 is 0. The number of rotatable bonds is 2. The van der Waals surface area contributed by atoms with Gasteiger partial charge in [-0.3, -0.25) is 4.79 Å². The number of hydrogen-bond donors (Lipinski definition) is 2. The first-order valence-electron chi connectivity index (χ1n) is 5.95. The van der Waals surface area contributed by atoms with Crippen molar-refractivity contribution < 1.29 is 9.90 Å².